The van der Waals surface area contributed by atoms with Gasteiger partial charge in [-0.1, -0.05) is 31.0 Å². The lowest BCUT2D eigenvalue weighted by Gasteiger charge is -2.42. The number of benzene rings is 1. The maximum Gasteiger partial charge on any atom is 0.250 e. The van der Waals surface area contributed by atoms with Crippen molar-refractivity contribution < 1.29 is 9.59 Å². The minimum Gasteiger partial charge on any atom is -0.348 e. The highest BCUT2D eigenvalue weighted by Crippen LogP contribution is 2.45. The molecule has 2 N–H and O–H groups in total. The fourth-order valence-corrected chi connectivity index (χ4v) is 5.46. The first-order valence-corrected chi connectivity index (χ1v) is 10.3. The number of rotatable bonds is 1. The predicted molar refractivity (Wildman–Crippen MR) is 111 cm³/mol. The molecule has 0 radical (unpaired) electrons. The normalized spacial score (nSPS) is 26.8. The number of fused-ring (bicyclic) bond motifs is 2. The summed E-state index contributed by atoms with van der Waals surface area (Å²) in [5, 5.41) is 13.8. The van der Waals surface area contributed by atoms with Crippen LogP contribution in [0.1, 0.15) is 44.2 Å². The number of nitrogens with zero attached hydrogens (tertiary/aromatic N) is 2. The van der Waals surface area contributed by atoms with Crippen LogP contribution < -0.4 is 5.32 Å². The van der Waals surface area contributed by atoms with Crippen LogP contribution in [0.2, 0.25) is 0 Å². The summed E-state index contributed by atoms with van der Waals surface area (Å²) in [6.45, 7) is 1.96. The molecule has 3 atom stereocenters. The fourth-order valence-electron chi connectivity index (χ4n) is 5.46. The standard InChI is InChI=1S/C23H24N4O2/c1-13(28)27-19-8-3-2-6-16(19)21(24)18-12-26-23(29)20(18)22(27)15-7-4-5-14-9-10-25-11-17(14)15/h4-5,7,9-11,16,19,22,24H,2-3,6,8,12H2,1H3,(H,26,29)/t16?,19-,22-/m1/s1. The Kier molecular flexibility index (Phi) is 4.23. The molecule has 0 spiro atoms. The van der Waals surface area contributed by atoms with Crippen molar-refractivity contribution in [2.24, 2.45) is 5.92 Å². The van der Waals surface area contributed by atoms with E-state index < -0.39 is 6.04 Å². The second kappa shape index (κ2) is 6.79. The Morgan fingerprint density at radius 2 is 2.07 bits per heavy atom. The summed E-state index contributed by atoms with van der Waals surface area (Å²) in [4.78, 5) is 32.2. The van der Waals surface area contributed by atoms with Gasteiger partial charge in [0.15, 0.2) is 0 Å². The van der Waals surface area contributed by atoms with Gasteiger partial charge in [-0.3, -0.25) is 14.6 Å². The summed E-state index contributed by atoms with van der Waals surface area (Å²) in [6.07, 6.45) is 7.42. The molecule has 2 amide bonds. The highest BCUT2D eigenvalue weighted by molar-refractivity contribution is 6.13. The number of aromatic nitrogens is 1. The van der Waals surface area contributed by atoms with Crippen molar-refractivity contribution in [3.05, 3.63) is 53.4 Å². The molecule has 1 fully saturated rings. The van der Waals surface area contributed by atoms with Crippen LogP contribution in [0.3, 0.4) is 0 Å². The minimum absolute atomic E-state index is 0.0107. The summed E-state index contributed by atoms with van der Waals surface area (Å²) in [7, 11) is 0. The Morgan fingerprint density at radius 3 is 2.90 bits per heavy atom. The maximum absolute atomic E-state index is 13.0. The molecule has 6 nitrogen and oxygen atoms in total. The number of carbonyl (C=O) groups excluding carboxylic acids is 2. The highest BCUT2D eigenvalue weighted by atomic mass is 16.2. The number of amides is 2. The molecule has 1 aromatic carbocycles. The van der Waals surface area contributed by atoms with Crippen LogP contribution in [0.25, 0.3) is 10.8 Å². The molecule has 6 heteroatoms. The highest BCUT2D eigenvalue weighted by Gasteiger charge is 2.47. The largest absolute Gasteiger partial charge is 0.348 e. The summed E-state index contributed by atoms with van der Waals surface area (Å²) in [5.74, 6) is -0.224. The van der Waals surface area contributed by atoms with E-state index in [-0.39, 0.29) is 23.8 Å². The molecule has 148 valence electrons. The third-order valence-electron chi connectivity index (χ3n) is 6.71. The zero-order chi connectivity index (χ0) is 20.1. The van der Waals surface area contributed by atoms with Crippen molar-refractivity contribution in [3.63, 3.8) is 0 Å². The molecule has 0 bridgehead atoms. The summed E-state index contributed by atoms with van der Waals surface area (Å²) >= 11 is 0. The van der Waals surface area contributed by atoms with E-state index in [0.717, 1.165) is 47.6 Å². The molecular weight excluding hydrogens is 364 g/mol. The monoisotopic (exact) mass is 388 g/mol. The number of hydrogen-bond donors (Lipinski definition) is 2. The van der Waals surface area contributed by atoms with E-state index in [9.17, 15) is 9.59 Å². The van der Waals surface area contributed by atoms with Gasteiger partial charge in [-0.2, -0.15) is 0 Å². The predicted octanol–water partition coefficient (Wildman–Crippen LogP) is 3.14. The first-order valence-electron chi connectivity index (χ1n) is 10.3. The Bertz CT molecular complexity index is 1070. The van der Waals surface area contributed by atoms with Crippen LogP contribution in [0.15, 0.2) is 47.8 Å². The van der Waals surface area contributed by atoms with E-state index in [1.165, 1.54) is 0 Å². The minimum atomic E-state index is -0.494. The van der Waals surface area contributed by atoms with Crippen LogP contribution in [0, 0.1) is 11.3 Å². The van der Waals surface area contributed by atoms with Gasteiger partial charge >= 0.3 is 0 Å². The molecule has 5 rings (SSSR count). The van der Waals surface area contributed by atoms with Gasteiger partial charge in [0.2, 0.25) is 11.8 Å². The SMILES string of the molecule is CC(=O)N1[C@@H]2CCCCC2C(=N)C2=C(C(=O)NC2)[C@H]1c1cccc2ccncc12. The first-order chi connectivity index (χ1) is 14.1. The van der Waals surface area contributed by atoms with Crippen LogP contribution in [0.4, 0.5) is 0 Å². The van der Waals surface area contributed by atoms with Gasteiger partial charge in [-0.05, 0) is 29.9 Å². The molecule has 29 heavy (non-hydrogen) atoms. The van der Waals surface area contributed by atoms with Crippen molar-refractivity contribution >= 4 is 28.3 Å². The van der Waals surface area contributed by atoms with Gasteiger partial charge in [-0.15, -0.1) is 0 Å². The smallest absolute Gasteiger partial charge is 0.250 e. The average molecular weight is 388 g/mol. The maximum atomic E-state index is 13.0. The summed E-state index contributed by atoms with van der Waals surface area (Å²) in [5.41, 5.74) is 2.79. The molecule has 1 aromatic heterocycles. The van der Waals surface area contributed by atoms with Crippen molar-refractivity contribution in [1.82, 2.24) is 15.2 Å². The molecule has 3 heterocycles. The Morgan fingerprint density at radius 1 is 1.24 bits per heavy atom. The Hall–Kier alpha value is -3.02. The lowest BCUT2D eigenvalue weighted by Crippen LogP contribution is -2.49. The quantitative estimate of drug-likeness (QED) is 0.787. The molecular formula is C23H24N4O2. The van der Waals surface area contributed by atoms with Gasteiger partial charge in [-0.25, -0.2) is 0 Å². The average Bonchev–Trinajstić information content (AvgIpc) is 3.07. The lowest BCUT2D eigenvalue weighted by molar-refractivity contribution is -0.135. The molecule has 0 saturated heterocycles. The number of pyridine rings is 1. The Labute approximate surface area is 169 Å². The van der Waals surface area contributed by atoms with Crippen LogP contribution >= 0.6 is 0 Å². The van der Waals surface area contributed by atoms with Crippen molar-refractivity contribution in [1.29, 1.82) is 5.41 Å². The van der Waals surface area contributed by atoms with Crippen LogP contribution in [-0.2, 0) is 9.59 Å². The molecule has 2 aromatic rings. The summed E-state index contributed by atoms with van der Waals surface area (Å²) < 4.78 is 0. The van der Waals surface area contributed by atoms with Gasteiger partial charge in [0.1, 0.15) is 0 Å². The lowest BCUT2D eigenvalue weighted by atomic mass is 9.79. The van der Waals surface area contributed by atoms with Crippen molar-refractivity contribution in [2.75, 3.05) is 6.54 Å². The van der Waals surface area contributed by atoms with E-state index >= 15 is 0 Å². The molecule has 2 aliphatic heterocycles. The van der Waals surface area contributed by atoms with Crippen molar-refractivity contribution in [3.8, 4) is 0 Å². The zero-order valence-corrected chi connectivity index (χ0v) is 16.4. The summed E-state index contributed by atoms with van der Waals surface area (Å²) in [6, 6.07) is 7.38. The van der Waals surface area contributed by atoms with Crippen molar-refractivity contribution in [2.45, 2.75) is 44.7 Å². The van der Waals surface area contributed by atoms with Gasteiger partial charge in [0.05, 0.1) is 11.6 Å². The molecule has 1 unspecified atom stereocenters. The van der Waals surface area contributed by atoms with Crippen LogP contribution in [0.5, 0.6) is 0 Å². The van der Waals surface area contributed by atoms with E-state index in [2.05, 4.69) is 10.3 Å². The third kappa shape index (κ3) is 2.69. The molecule has 1 aliphatic carbocycles. The van der Waals surface area contributed by atoms with Crippen LogP contribution in [-0.4, -0.2) is 40.0 Å². The van der Waals surface area contributed by atoms with E-state index in [1.807, 2.05) is 35.4 Å². The Balaban J connectivity index is 1.80. The fraction of sp³-hybridized carbons (Fsp3) is 0.391. The van der Waals surface area contributed by atoms with Gasteiger partial charge in [0, 0.05) is 54.5 Å². The van der Waals surface area contributed by atoms with E-state index in [1.54, 1.807) is 13.1 Å². The topological polar surface area (TPSA) is 86.2 Å². The third-order valence-corrected chi connectivity index (χ3v) is 6.71. The zero-order valence-electron chi connectivity index (χ0n) is 16.4. The second-order valence-corrected chi connectivity index (χ2v) is 8.22. The van der Waals surface area contributed by atoms with E-state index in [4.69, 9.17) is 5.41 Å². The van der Waals surface area contributed by atoms with Gasteiger partial charge in [0.25, 0.3) is 0 Å². The number of carbonyl (C=O) groups is 2. The molecule has 3 aliphatic rings. The number of nitrogens with one attached hydrogen (secondary N) is 2. The van der Waals surface area contributed by atoms with E-state index in [0.29, 0.717) is 17.8 Å². The molecule has 1 saturated carbocycles. The first kappa shape index (κ1) is 18.0. The van der Waals surface area contributed by atoms with Gasteiger partial charge < -0.3 is 15.6 Å². The number of hydrogen-bond acceptors (Lipinski definition) is 4. The second-order valence-electron chi connectivity index (χ2n) is 8.22.